The summed E-state index contributed by atoms with van der Waals surface area (Å²) < 4.78 is 1.81. The summed E-state index contributed by atoms with van der Waals surface area (Å²) >= 11 is 0. The van der Waals surface area contributed by atoms with Crippen molar-refractivity contribution in [3.05, 3.63) is 41.7 Å². The molecule has 0 radical (unpaired) electrons. The molecule has 0 aliphatic rings. The Hall–Kier alpha value is -3.14. The summed E-state index contributed by atoms with van der Waals surface area (Å²) in [5.41, 5.74) is 2.10. The van der Waals surface area contributed by atoms with E-state index in [9.17, 15) is 9.59 Å². The second kappa shape index (κ2) is 8.11. The average molecular weight is 339 g/mol. The van der Waals surface area contributed by atoms with Crippen molar-refractivity contribution in [2.45, 2.75) is 33.7 Å². The van der Waals surface area contributed by atoms with Crippen LogP contribution in [0, 0.1) is 24.2 Å². The number of aromatic nitrogens is 2. The lowest BCUT2D eigenvalue weighted by Gasteiger charge is -2.08. The highest BCUT2D eigenvalue weighted by molar-refractivity contribution is 6.43. The molecule has 0 aliphatic carbocycles. The lowest BCUT2D eigenvalue weighted by Crippen LogP contribution is -2.29. The van der Waals surface area contributed by atoms with Crippen LogP contribution >= 0.6 is 0 Å². The van der Waals surface area contributed by atoms with Crippen LogP contribution in [0.2, 0.25) is 0 Å². The van der Waals surface area contributed by atoms with Gasteiger partial charge in [-0.3, -0.25) is 14.3 Å². The first-order valence-corrected chi connectivity index (χ1v) is 8.05. The highest BCUT2D eigenvalue weighted by atomic mass is 16.2. The van der Waals surface area contributed by atoms with Crippen LogP contribution in [0.5, 0.6) is 0 Å². The van der Waals surface area contributed by atoms with Crippen LogP contribution in [0.3, 0.4) is 0 Å². The van der Waals surface area contributed by atoms with Crippen molar-refractivity contribution < 1.29 is 9.59 Å². The minimum Gasteiger partial charge on any atom is -0.318 e. The van der Waals surface area contributed by atoms with E-state index >= 15 is 0 Å². The Balaban J connectivity index is 1.99. The maximum Gasteiger partial charge on any atom is 0.314 e. The van der Waals surface area contributed by atoms with E-state index in [1.165, 1.54) is 12.3 Å². The van der Waals surface area contributed by atoms with Crippen LogP contribution in [0.15, 0.2) is 30.5 Å². The summed E-state index contributed by atoms with van der Waals surface area (Å²) in [6.45, 7) is 6.87. The van der Waals surface area contributed by atoms with Crippen LogP contribution in [-0.2, 0) is 16.1 Å². The molecule has 130 valence electrons. The molecule has 0 saturated carbocycles. The number of hydrogen-bond acceptors (Lipinski definition) is 4. The number of carbonyl (C=O) groups is 2. The molecule has 1 heterocycles. The zero-order valence-electron chi connectivity index (χ0n) is 14.5. The highest BCUT2D eigenvalue weighted by Crippen LogP contribution is 2.15. The molecule has 2 aromatic rings. The molecule has 0 atom stereocenters. The van der Waals surface area contributed by atoms with Gasteiger partial charge >= 0.3 is 11.8 Å². The Morgan fingerprint density at radius 3 is 2.68 bits per heavy atom. The maximum absolute atomic E-state index is 12.1. The van der Waals surface area contributed by atoms with E-state index in [1.54, 1.807) is 18.2 Å². The quantitative estimate of drug-likeness (QED) is 0.818. The van der Waals surface area contributed by atoms with E-state index in [0.29, 0.717) is 22.9 Å². The van der Waals surface area contributed by atoms with Gasteiger partial charge in [0.05, 0.1) is 29.2 Å². The standard InChI is InChI=1S/C18H21N5O2/c1-12(2)7-8-23-13(3)16(11-20-23)22-18(25)17(24)21-15-6-4-5-14(9-15)10-19/h4-6,9,11-12H,7-8H2,1-3H3,(H,21,24)(H,22,25). The van der Waals surface area contributed by atoms with E-state index in [0.717, 1.165) is 18.7 Å². The van der Waals surface area contributed by atoms with Crippen LogP contribution < -0.4 is 10.6 Å². The molecule has 1 aromatic heterocycles. The monoisotopic (exact) mass is 339 g/mol. The van der Waals surface area contributed by atoms with Crippen LogP contribution in [-0.4, -0.2) is 21.6 Å². The minimum absolute atomic E-state index is 0.392. The van der Waals surface area contributed by atoms with Gasteiger partial charge in [0.25, 0.3) is 0 Å². The summed E-state index contributed by atoms with van der Waals surface area (Å²) in [4.78, 5) is 24.1. The molecular formula is C18H21N5O2. The zero-order chi connectivity index (χ0) is 18.4. The first kappa shape index (κ1) is 18.2. The number of nitrogens with one attached hydrogen (secondary N) is 2. The minimum atomic E-state index is -0.801. The van der Waals surface area contributed by atoms with Crippen molar-refractivity contribution in [2.24, 2.45) is 5.92 Å². The Kier molecular flexibility index (Phi) is 5.90. The van der Waals surface area contributed by atoms with E-state index in [2.05, 4.69) is 29.6 Å². The molecule has 7 nitrogen and oxygen atoms in total. The summed E-state index contributed by atoms with van der Waals surface area (Å²) in [5, 5.41) is 18.1. The Morgan fingerprint density at radius 1 is 1.28 bits per heavy atom. The van der Waals surface area contributed by atoms with Gasteiger partial charge in [0.15, 0.2) is 0 Å². The molecule has 25 heavy (non-hydrogen) atoms. The van der Waals surface area contributed by atoms with Crippen molar-refractivity contribution in [1.82, 2.24) is 9.78 Å². The lowest BCUT2D eigenvalue weighted by atomic mass is 10.1. The van der Waals surface area contributed by atoms with Crippen LogP contribution in [0.25, 0.3) is 0 Å². The smallest absolute Gasteiger partial charge is 0.314 e. The fourth-order valence-electron chi connectivity index (χ4n) is 2.21. The van der Waals surface area contributed by atoms with Gasteiger partial charge < -0.3 is 10.6 Å². The fraction of sp³-hybridized carbons (Fsp3) is 0.333. The topological polar surface area (TPSA) is 99.8 Å². The molecule has 0 aliphatic heterocycles. The largest absolute Gasteiger partial charge is 0.318 e. The zero-order valence-corrected chi connectivity index (χ0v) is 14.5. The summed E-state index contributed by atoms with van der Waals surface area (Å²) in [6.07, 6.45) is 2.52. The molecular weight excluding hydrogens is 318 g/mol. The van der Waals surface area contributed by atoms with Gasteiger partial charge in [-0.05, 0) is 37.5 Å². The van der Waals surface area contributed by atoms with Gasteiger partial charge in [0, 0.05) is 12.2 Å². The van der Waals surface area contributed by atoms with Crippen molar-refractivity contribution in [1.29, 1.82) is 5.26 Å². The first-order chi connectivity index (χ1) is 11.9. The lowest BCUT2D eigenvalue weighted by molar-refractivity contribution is -0.133. The van der Waals surface area contributed by atoms with E-state index in [4.69, 9.17) is 5.26 Å². The molecule has 0 fully saturated rings. The van der Waals surface area contributed by atoms with Crippen molar-refractivity contribution >= 4 is 23.2 Å². The van der Waals surface area contributed by atoms with Gasteiger partial charge in [-0.15, -0.1) is 0 Å². The average Bonchev–Trinajstić information content (AvgIpc) is 2.93. The van der Waals surface area contributed by atoms with Crippen molar-refractivity contribution in [2.75, 3.05) is 10.6 Å². The number of nitrogens with zero attached hydrogens (tertiary/aromatic N) is 3. The molecule has 0 unspecified atom stereocenters. The molecule has 2 amide bonds. The molecule has 2 rings (SSSR count). The highest BCUT2D eigenvalue weighted by Gasteiger charge is 2.17. The third-order valence-electron chi connectivity index (χ3n) is 3.73. The number of carbonyl (C=O) groups excluding carboxylic acids is 2. The van der Waals surface area contributed by atoms with Crippen molar-refractivity contribution in [3.63, 3.8) is 0 Å². The van der Waals surface area contributed by atoms with Gasteiger partial charge in [-0.2, -0.15) is 10.4 Å². The van der Waals surface area contributed by atoms with E-state index in [-0.39, 0.29) is 0 Å². The number of nitriles is 1. The Labute approximate surface area is 146 Å². The predicted molar refractivity (Wildman–Crippen MR) is 94.8 cm³/mol. The second-order valence-corrected chi connectivity index (χ2v) is 6.15. The number of rotatable bonds is 5. The molecule has 1 aromatic carbocycles. The van der Waals surface area contributed by atoms with Crippen LogP contribution in [0.4, 0.5) is 11.4 Å². The van der Waals surface area contributed by atoms with Gasteiger partial charge in [0.2, 0.25) is 0 Å². The second-order valence-electron chi connectivity index (χ2n) is 6.15. The number of amides is 2. The SMILES string of the molecule is Cc1c(NC(=O)C(=O)Nc2cccc(C#N)c2)cnn1CCC(C)C. The number of anilines is 2. The Bertz CT molecular complexity index is 817. The summed E-state index contributed by atoms with van der Waals surface area (Å²) in [7, 11) is 0. The van der Waals surface area contributed by atoms with Crippen molar-refractivity contribution in [3.8, 4) is 6.07 Å². The number of aryl methyl sites for hydroxylation is 1. The third kappa shape index (κ3) is 4.91. The Morgan fingerprint density at radius 2 is 2.00 bits per heavy atom. The fourth-order valence-corrected chi connectivity index (χ4v) is 2.21. The van der Waals surface area contributed by atoms with E-state index < -0.39 is 11.8 Å². The van der Waals surface area contributed by atoms with Gasteiger partial charge in [-0.25, -0.2) is 0 Å². The predicted octanol–water partition coefficient (Wildman–Crippen LogP) is 2.69. The first-order valence-electron chi connectivity index (χ1n) is 8.05. The van der Waals surface area contributed by atoms with Crippen LogP contribution in [0.1, 0.15) is 31.5 Å². The third-order valence-corrected chi connectivity index (χ3v) is 3.73. The maximum atomic E-state index is 12.1. The number of benzene rings is 1. The molecule has 0 spiro atoms. The summed E-state index contributed by atoms with van der Waals surface area (Å²) in [6, 6.07) is 8.34. The normalized spacial score (nSPS) is 10.4. The number of hydrogen-bond donors (Lipinski definition) is 2. The van der Waals surface area contributed by atoms with Gasteiger partial charge in [0.1, 0.15) is 0 Å². The summed E-state index contributed by atoms with van der Waals surface area (Å²) in [5.74, 6) is -1.03. The van der Waals surface area contributed by atoms with E-state index in [1.807, 2.05) is 17.7 Å². The molecule has 2 N–H and O–H groups in total. The van der Waals surface area contributed by atoms with Gasteiger partial charge in [-0.1, -0.05) is 19.9 Å². The molecule has 0 saturated heterocycles. The molecule has 0 bridgehead atoms. The molecule has 7 heteroatoms.